The minimum absolute atomic E-state index is 0.185. The van der Waals surface area contributed by atoms with Crippen LogP contribution < -0.4 is 5.32 Å². The van der Waals surface area contributed by atoms with Crippen molar-refractivity contribution in [1.29, 1.82) is 0 Å². The van der Waals surface area contributed by atoms with Crippen LogP contribution in [0.4, 0.5) is 4.39 Å². The van der Waals surface area contributed by atoms with Gasteiger partial charge < -0.3 is 5.32 Å². The van der Waals surface area contributed by atoms with Crippen LogP contribution in [-0.4, -0.2) is 12.6 Å². The molecule has 1 unspecified atom stereocenters. The number of rotatable bonds is 6. The molecule has 0 aliphatic carbocycles. The fourth-order valence-corrected chi connectivity index (χ4v) is 2.30. The summed E-state index contributed by atoms with van der Waals surface area (Å²) in [5.41, 5.74) is 1.18. The SMILES string of the molecule is CC(CCNC(C)C)Cc1ccc(F)cc1Br. The standard InChI is InChI=1S/C14H21BrFN/c1-10(2)17-7-6-11(3)8-12-4-5-13(16)9-14(12)15/h4-5,9-11,17H,6-8H2,1-3H3. The van der Waals surface area contributed by atoms with Crippen LogP contribution in [0.15, 0.2) is 22.7 Å². The van der Waals surface area contributed by atoms with Gasteiger partial charge in [0.15, 0.2) is 0 Å². The van der Waals surface area contributed by atoms with Gasteiger partial charge in [-0.1, -0.05) is 42.8 Å². The number of halogens is 2. The number of hydrogen-bond donors (Lipinski definition) is 1. The maximum Gasteiger partial charge on any atom is 0.124 e. The fraction of sp³-hybridized carbons (Fsp3) is 0.571. The van der Waals surface area contributed by atoms with Crippen molar-refractivity contribution in [1.82, 2.24) is 5.32 Å². The van der Waals surface area contributed by atoms with Crippen LogP contribution in [0.25, 0.3) is 0 Å². The highest BCUT2D eigenvalue weighted by molar-refractivity contribution is 9.10. The summed E-state index contributed by atoms with van der Waals surface area (Å²) in [5.74, 6) is 0.415. The van der Waals surface area contributed by atoms with Gasteiger partial charge in [0.2, 0.25) is 0 Å². The Hall–Kier alpha value is -0.410. The summed E-state index contributed by atoms with van der Waals surface area (Å²) in [4.78, 5) is 0. The van der Waals surface area contributed by atoms with Crippen molar-refractivity contribution in [2.24, 2.45) is 5.92 Å². The van der Waals surface area contributed by atoms with Gasteiger partial charge in [-0.2, -0.15) is 0 Å². The molecular weight excluding hydrogens is 281 g/mol. The number of nitrogens with one attached hydrogen (secondary N) is 1. The van der Waals surface area contributed by atoms with Crippen LogP contribution in [0, 0.1) is 11.7 Å². The summed E-state index contributed by atoms with van der Waals surface area (Å²) in [6.07, 6.45) is 2.13. The molecule has 1 N–H and O–H groups in total. The molecular formula is C14H21BrFN. The molecule has 0 radical (unpaired) electrons. The van der Waals surface area contributed by atoms with Crippen LogP contribution in [0.1, 0.15) is 32.8 Å². The Labute approximate surface area is 112 Å². The van der Waals surface area contributed by atoms with Crippen LogP contribution in [0.5, 0.6) is 0 Å². The molecule has 0 heterocycles. The van der Waals surface area contributed by atoms with Crippen molar-refractivity contribution in [2.45, 2.75) is 39.7 Å². The Kier molecular flexibility index (Phi) is 6.14. The molecule has 0 aliphatic heterocycles. The van der Waals surface area contributed by atoms with E-state index in [1.54, 1.807) is 0 Å². The van der Waals surface area contributed by atoms with Gasteiger partial charge in [-0.15, -0.1) is 0 Å². The van der Waals surface area contributed by atoms with E-state index in [0.717, 1.165) is 23.9 Å². The normalized spacial score (nSPS) is 13.1. The summed E-state index contributed by atoms with van der Waals surface area (Å²) in [7, 11) is 0. The Morgan fingerprint density at radius 2 is 2.00 bits per heavy atom. The van der Waals surface area contributed by atoms with Crippen molar-refractivity contribution in [3.05, 3.63) is 34.1 Å². The van der Waals surface area contributed by atoms with Crippen LogP contribution in [-0.2, 0) is 6.42 Å². The van der Waals surface area contributed by atoms with Crippen molar-refractivity contribution < 1.29 is 4.39 Å². The maximum atomic E-state index is 12.9. The van der Waals surface area contributed by atoms with E-state index < -0.39 is 0 Å². The molecule has 3 heteroatoms. The molecule has 17 heavy (non-hydrogen) atoms. The molecule has 0 bridgehead atoms. The monoisotopic (exact) mass is 301 g/mol. The smallest absolute Gasteiger partial charge is 0.124 e. The van der Waals surface area contributed by atoms with Crippen LogP contribution >= 0.6 is 15.9 Å². The molecule has 1 aromatic carbocycles. The molecule has 0 spiro atoms. The molecule has 0 aliphatic rings. The highest BCUT2D eigenvalue weighted by Gasteiger charge is 2.07. The number of hydrogen-bond acceptors (Lipinski definition) is 1. The Balaban J connectivity index is 2.42. The molecule has 1 rings (SSSR count). The van der Waals surface area contributed by atoms with Gasteiger partial charge in [-0.25, -0.2) is 4.39 Å². The highest BCUT2D eigenvalue weighted by Crippen LogP contribution is 2.22. The van der Waals surface area contributed by atoms with Crippen molar-refractivity contribution in [3.8, 4) is 0 Å². The lowest BCUT2D eigenvalue weighted by molar-refractivity contribution is 0.475. The van der Waals surface area contributed by atoms with Gasteiger partial charge in [0, 0.05) is 10.5 Å². The second-order valence-electron chi connectivity index (χ2n) is 4.94. The first kappa shape index (κ1) is 14.7. The van der Waals surface area contributed by atoms with Gasteiger partial charge in [-0.05, 0) is 43.0 Å². The lowest BCUT2D eigenvalue weighted by Crippen LogP contribution is -2.25. The van der Waals surface area contributed by atoms with Crippen LogP contribution in [0.2, 0.25) is 0 Å². The maximum absolute atomic E-state index is 12.9. The van der Waals surface area contributed by atoms with E-state index in [-0.39, 0.29) is 5.82 Å². The third-order valence-electron chi connectivity index (χ3n) is 2.77. The Morgan fingerprint density at radius 3 is 2.59 bits per heavy atom. The molecule has 0 saturated carbocycles. The number of benzene rings is 1. The second kappa shape index (κ2) is 7.12. The fourth-order valence-electron chi connectivity index (χ4n) is 1.78. The van der Waals surface area contributed by atoms with E-state index in [2.05, 4.69) is 42.0 Å². The summed E-state index contributed by atoms with van der Waals surface area (Å²) in [6.45, 7) is 7.58. The first-order chi connectivity index (χ1) is 7.99. The van der Waals surface area contributed by atoms with E-state index >= 15 is 0 Å². The second-order valence-corrected chi connectivity index (χ2v) is 5.80. The van der Waals surface area contributed by atoms with E-state index in [1.165, 1.54) is 17.7 Å². The van der Waals surface area contributed by atoms with Crippen molar-refractivity contribution >= 4 is 15.9 Å². The Morgan fingerprint density at radius 1 is 1.29 bits per heavy atom. The van der Waals surface area contributed by atoms with E-state index in [9.17, 15) is 4.39 Å². The van der Waals surface area contributed by atoms with E-state index in [1.807, 2.05) is 6.07 Å². The summed E-state index contributed by atoms with van der Waals surface area (Å²) in [5, 5.41) is 3.41. The predicted octanol–water partition coefficient (Wildman–Crippen LogP) is 4.15. The first-order valence-corrected chi connectivity index (χ1v) is 6.95. The summed E-state index contributed by atoms with van der Waals surface area (Å²) < 4.78 is 13.8. The minimum Gasteiger partial charge on any atom is -0.315 e. The van der Waals surface area contributed by atoms with Crippen LogP contribution in [0.3, 0.4) is 0 Å². The van der Waals surface area contributed by atoms with Gasteiger partial charge in [0.05, 0.1) is 0 Å². The lowest BCUT2D eigenvalue weighted by Gasteiger charge is -2.14. The zero-order valence-electron chi connectivity index (χ0n) is 10.8. The molecule has 1 atom stereocenters. The summed E-state index contributed by atoms with van der Waals surface area (Å²) in [6, 6.07) is 5.47. The topological polar surface area (TPSA) is 12.0 Å². The van der Waals surface area contributed by atoms with E-state index in [4.69, 9.17) is 0 Å². The summed E-state index contributed by atoms with van der Waals surface area (Å²) >= 11 is 3.41. The minimum atomic E-state index is -0.185. The third kappa shape index (κ3) is 5.64. The van der Waals surface area contributed by atoms with E-state index in [0.29, 0.717) is 12.0 Å². The van der Waals surface area contributed by atoms with Gasteiger partial charge in [0.1, 0.15) is 5.82 Å². The first-order valence-electron chi connectivity index (χ1n) is 6.16. The van der Waals surface area contributed by atoms with Crippen molar-refractivity contribution in [3.63, 3.8) is 0 Å². The quantitative estimate of drug-likeness (QED) is 0.832. The zero-order chi connectivity index (χ0) is 12.8. The average Bonchev–Trinajstić information content (AvgIpc) is 2.21. The van der Waals surface area contributed by atoms with Gasteiger partial charge in [0.25, 0.3) is 0 Å². The zero-order valence-corrected chi connectivity index (χ0v) is 12.3. The molecule has 0 amide bonds. The molecule has 0 aromatic heterocycles. The molecule has 0 fully saturated rings. The van der Waals surface area contributed by atoms with Gasteiger partial charge >= 0.3 is 0 Å². The van der Waals surface area contributed by atoms with Crippen molar-refractivity contribution in [2.75, 3.05) is 6.54 Å². The average molecular weight is 302 g/mol. The molecule has 1 aromatic rings. The third-order valence-corrected chi connectivity index (χ3v) is 3.51. The highest BCUT2D eigenvalue weighted by atomic mass is 79.9. The largest absolute Gasteiger partial charge is 0.315 e. The van der Waals surface area contributed by atoms with Gasteiger partial charge in [-0.3, -0.25) is 0 Å². The molecule has 1 nitrogen and oxygen atoms in total. The lowest BCUT2D eigenvalue weighted by atomic mass is 9.98. The predicted molar refractivity (Wildman–Crippen MR) is 74.7 cm³/mol. The molecule has 0 saturated heterocycles. The Bertz CT molecular complexity index is 352. The molecule has 96 valence electrons.